The fourth-order valence-electron chi connectivity index (χ4n) is 2.72. The quantitative estimate of drug-likeness (QED) is 0.330. The third kappa shape index (κ3) is 7.64. The van der Waals surface area contributed by atoms with E-state index < -0.39 is 0 Å². The third-order valence-corrected chi connectivity index (χ3v) is 4.23. The van der Waals surface area contributed by atoms with Gasteiger partial charge in [0, 0.05) is 42.1 Å². The third-order valence-electron chi connectivity index (χ3n) is 4.23. The van der Waals surface area contributed by atoms with Crippen molar-refractivity contribution in [2.45, 2.75) is 20.1 Å². The second-order valence-corrected chi connectivity index (χ2v) is 6.48. The van der Waals surface area contributed by atoms with E-state index >= 15 is 0 Å². The molecule has 0 aliphatic heterocycles. The van der Waals surface area contributed by atoms with E-state index in [1.165, 1.54) is 0 Å². The SMILES string of the molecule is Cc1cc(OCc2ccncc2)nc(-c2ccc(OCc3ccncc3)cc2)n1.Cl.Cl.Cl. The summed E-state index contributed by atoms with van der Waals surface area (Å²) in [6.07, 6.45) is 7.00. The molecule has 1 aromatic carbocycles. The molecule has 0 radical (unpaired) electrons. The van der Waals surface area contributed by atoms with E-state index in [1.54, 1.807) is 24.8 Å². The van der Waals surface area contributed by atoms with Crippen LogP contribution in [0.2, 0.25) is 0 Å². The van der Waals surface area contributed by atoms with E-state index in [4.69, 9.17) is 9.47 Å². The molecule has 4 aromatic rings. The zero-order chi connectivity index (χ0) is 19.9. The van der Waals surface area contributed by atoms with Gasteiger partial charge in [-0.2, -0.15) is 4.98 Å². The summed E-state index contributed by atoms with van der Waals surface area (Å²) in [5.41, 5.74) is 3.85. The molecule has 0 aliphatic carbocycles. The Morgan fingerprint density at radius 2 is 1.19 bits per heavy atom. The highest BCUT2D eigenvalue weighted by Crippen LogP contribution is 2.23. The van der Waals surface area contributed by atoms with Crippen LogP contribution in [0.5, 0.6) is 11.6 Å². The van der Waals surface area contributed by atoms with Crippen molar-refractivity contribution in [3.63, 3.8) is 0 Å². The van der Waals surface area contributed by atoms with E-state index in [2.05, 4.69) is 19.9 Å². The first-order chi connectivity index (χ1) is 14.3. The Balaban J connectivity index is 0.00000171. The van der Waals surface area contributed by atoms with Gasteiger partial charge in [0.05, 0.1) is 0 Å². The lowest BCUT2D eigenvalue weighted by Gasteiger charge is -2.09. The number of hydrogen-bond donors (Lipinski definition) is 0. The summed E-state index contributed by atoms with van der Waals surface area (Å²) in [5.74, 6) is 1.95. The van der Waals surface area contributed by atoms with Crippen molar-refractivity contribution in [1.82, 2.24) is 19.9 Å². The fraction of sp³-hybridized carbons (Fsp3) is 0.130. The number of nitrogens with zero attached hydrogens (tertiary/aromatic N) is 4. The predicted octanol–water partition coefficient (Wildman–Crippen LogP) is 5.67. The molecule has 0 saturated carbocycles. The Hall–Kier alpha value is -2.93. The molecule has 3 aromatic heterocycles. The van der Waals surface area contributed by atoms with E-state index in [1.807, 2.05) is 61.5 Å². The minimum atomic E-state index is 0. The van der Waals surface area contributed by atoms with Crippen LogP contribution in [0.15, 0.2) is 79.4 Å². The average Bonchev–Trinajstić information content (AvgIpc) is 2.78. The Morgan fingerprint density at radius 3 is 1.75 bits per heavy atom. The number of rotatable bonds is 7. The van der Waals surface area contributed by atoms with Crippen molar-refractivity contribution in [3.8, 4) is 23.0 Å². The maximum atomic E-state index is 5.84. The van der Waals surface area contributed by atoms with Gasteiger partial charge in [-0.05, 0) is 66.6 Å². The van der Waals surface area contributed by atoms with Crippen molar-refractivity contribution in [2.75, 3.05) is 0 Å². The van der Waals surface area contributed by atoms with Crippen LogP contribution >= 0.6 is 37.2 Å². The van der Waals surface area contributed by atoms with Crippen LogP contribution in [0.4, 0.5) is 0 Å². The smallest absolute Gasteiger partial charge is 0.217 e. The molecule has 0 unspecified atom stereocenters. The molecule has 168 valence electrons. The van der Waals surface area contributed by atoms with E-state index in [-0.39, 0.29) is 37.2 Å². The first-order valence-corrected chi connectivity index (χ1v) is 9.26. The van der Waals surface area contributed by atoms with Gasteiger partial charge in [0.15, 0.2) is 5.82 Å². The highest BCUT2D eigenvalue weighted by molar-refractivity contribution is 5.86. The molecule has 32 heavy (non-hydrogen) atoms. The second kappa shape index (κ2) is 13.5. The molecule has 0 amide bonds. The van der Waals surface area contributed by atoms with Crippen LogP contribution in [0.1, 0.15) is 16.8 Å². The standard InChI is InChI=1S/C23H20N4O2.3ClH/c1-17-14-22(29-16-19-8-12-25-13-9-19)27-23(26-17)20-2-4-21(5-3-20)28-15-18-6-10-24-11-7-18;;;/h2-14H,15-16H2,1H3;3*1H. The topological polar surface area (TPSA) is 70.0 Å². The van der Waals surface area contributed by atoms with E-state index in [0.717, 1.165) is 28.1 Å². The van der Waals surface area contributed by atoms with Crippen LogP contribution in [-0.4, -0.2) is 19.9 Å². The summed E-state index contributed by atoms with van der Waals surface area (Å²) >= 11 is 0. The lowest BCUT2D eigenvalue weighted by Crippen LogP contribution is -2.01. The van der Waals surface area contributed by atoms with Crippen LogP contribution in [-0.2, 0) is 13.2 Å². The highest BCUT2D eigenvalue weighted by atomic mass is 35.5. The van der Waals surface area contributed by atoms with Gasteiger partial charge in [0.2, 0.25) is 5.88 Å². The van der Waals surface area contributed by atoms with Crippen LogP contribution in [0.25, 0.3) is 11.4 Å². The normalized spacial score (nSPS) is 9.53. The monoisotopic (exact) mass is 492 g/mol. The number of pyridine rings is 2. The Labute approximate surface area is 205 Å². The second-order valence-electron chi connectivity index (χ2n) is 6.48. The van der Waals surface area contributed by atoms with Crippen LogP contribution in [0, 0.1) is 6.92 Å². The van der Waals surface area contributed by atoms with Gasteiger partial charge in [-0.1, -0.05) is 0 Å². The molecule has 0 spiro atoms. The maximum Gasteiger partial charge on any atom is 0.217 e. The van der Waals surface area contributed by atoms with Gasteiger partial charge in [-0.15, -0.1) is 37.2 Å². The zero-order valence-corrected chi connectivity index (χ0v) is 19.7. The Morgan fingerprint density at radius 1 is 0.656 bits per heavy atom. The molecule has 0 bridgehead atoms. The first-order valence-electron chi connectivity index (χ1n) is 9.26. The Bertz CT molecular complexity index is 1070. The summed E-state index contributed by atoms with van der Waals surface area (Å²) in [6.45, 7) is 2.85. The Kier molecular flexibility index (Phi) is 11.4. The number of ether oxygens (including phenoxy) is 2. The molecule has 0 N–H and O–H groups in total. The molecule has 0 atom stereocenters. The number of hydrogen-bond acceptors (Lipinski definition) is 6. The summed E-state index contributed by atoms with van der Waals surface area (Å²) < 4.78 is 11.7. The summed E-state index contributed by atoms with van der Waals surface area (Å²) in [5, 5.41) is 0. The number of aryl methyl sites for hydroxylation is 1. The van der Waals surface area contributed by atoms with Gasteiger partial charge in [0.25, 0.3) is 0 Å². The number of aromatic nitrogens is 4. The highest BCUT2D eigenvalue weighted by Gasteiger charge is 2.07. The molecule has 0 aliphatic rings. The predicted molar refractivity (Wildman–Crippen MR) is 131 cm³/mol. The lowest BCUT2D eigenvalue weighted by molar-refractivity contribution is 0.293. The van der Waals surface area contributed by atoms with E-state index in [9.17, 15) is 0 Å². The van der Waals surface area contributed by atoms with Crippen LogP contribution < -0.4 is 9.47 Å². The minimum Gasteiger partial charge on any atom is -0.489 e. The number of benzene rings is 1. The van der Waals surface area contributed by atoms with Gasteiger partial charge in [0.1, 0.15) is 19.0 Å². The van der Waals surface area contributed by atoms with Gasteiger partial charge in [-0.25, -0.2) is 4.98 Å². The number of halogens is 3. The molecule has 0 saturated heterocycles. The van der Waals surface area contributed by atoms with Crippen molar-refractivity contribution in [3.05, 3.63) is 96.2 Å². The van der Waals surface area contributed by atoms with Crippen molar-refractivity contribution in [2.24, 2.45) is 0 Å². The molecular weight excluding hydrogens is 471 g/mol. The molecular formula is C23H23Cl3N4O2. The van der Waals surface area contributed by atoms with Gasteiger partial charge >= 0.3 is 0 Å². The largest absolute Gasteiger partial charge is 0.489 e. The molecule has 0 fully saturated rings. The van der Waals surface area contributed by atoms with Gasteiger partial charge in [-0.3, -0.25) is 9.97 Å². The van der Waals surface area contributed by atoms with E-state index in [0.29, 0.717) is 24.9 Å². The average molecular weight is 494 g/mol. The van der Waals surface area contributed by atoms with Crippen molar-refractivity contribution >= 4 is 37.2 Å². The van der Waals surface area contributed by atoms with Crippen LogP contribution in [0.3, 0.4) is 0 Å². The molecule has 4 rings (SSSR count). The molecule has 3 heterocycles. The summed E-state index contributed by atoms with van der Waals surface area (Å²) in [6, 6.07) is 17.3. The molecule has 9 heteroatoms. The maximum absolute atomic E-state index is 5.84. The van der Waals surface area contributed by atoms with Gasteiger partial charge < -0.3 is 9.47 Å². The zero-order valence-electron chi connectivity index (χ0n) is 17.2. The lowest BCUT2D eigenvalue weighted by atomic mass is 10.2. The summed E-state index contributed by atoms with van der Waals surface area (Å²) in [4.78, 5) is 17.1. The van der Waals surface area contributed by atoms with Crippen molar-refractivity contribution < 1.29 is 9.47 Å². The molecule has 6 nitrogen and oxygen atoms in total. The van der Waals surface area contributed by atoms with Crippen molar-refractivity contribution in [1.29, 1.82) is 0 Å². The first kappa shape index (κ1) is 27.1. The minimum absolute atomic E-state index is 0. The summed E-state index contributed by atoms with van der Waals surface area (Å²) in [7, 11) is 0. The fourth-order valence-corrected chi connectivity index (χ4v) is 2.72.